The summed E-state index contributed by atoms with van der Waals surface area (Å²) in [5, 5.41) is 0. The summed E-state index contributed by atoms with van der Waals surface area (Å²) in [5.74, 6) is -0.226. The molecule has 2 atom stereocenters. The van der Waals surface area contributed by atoms with Crippen molar-refractivity contribution >= 4 is 11.8 Å². The number of likely N-dealkylation sites (tertiary alicyclic amines) is 2. The van der Waals surface area contributed by atoms with Crippen LogP contribution in [0.4, 0.5) is 0 Å². The molecule has 24 heavy (non-hydrogen) atoms. The molecule has 1 aromatic rings. The summed E-state index contributed by atoms with van der Waals surface area (Å²) in [6.45, 7) is 3.06. The number of hydrogen-bond donors (Lipinski definition) is 1. The van der Waals surface area contributed by atoms with E-state index in [1.54, 1.807) is 19.2 Å². The van der Waals surface area contributed by atoms with Gasteiger partial charge in [-0.2, -0.15) is 0 Å². The van der Waals surface area contributed by atoms with Crippen LogP contribution in [0.2, 0.25) is 0 Å². The fourth-order valence-electron chi connectivity index (χ4n) is 3.67. The number of amides is 2. The minimum Gasteiger partial charge on any atom is -0.380 e. The molecule has 2 saturated heterocycles. The first-order chi connectivity index (χ1) is 11.6. The number of carbonyl (C=O) groups excluding carboxylic acids is 2. The van der Waals surface area contributed by atoms with Crippen LogP contribution in [0.5, 0.6) is 0 Å². The highest BCUT2D eigenvalue weighted by Gasteiger charge is 2.39. The molecule has 0 unspecified atom stereocenters. The number of rotatable bonds is 5. The Hall–Kier alpha value is -1.92. The van der Waals surface area contributed by atoms with Crippen LogP contribution in [-0.2, 0) is 16.1 Å². The van der Waals surface area contributed by atoms with Crippen molar-refractivity contribution in [2.24, 2.45) is 5.73 Å². The molecule has 2 heterocycles. The largest absolute Gasteiger partial charge is 0.380 e. The number of methoxy groups -OCH3 is 1. The number of nitrogens with two attached hydrogens (primary N) is 1. The van der Waals surface area contributed by atoms with Gasteiger partial charge in [0.05, 0.1) is 12.1 Å². The molecular formula is C18H25N3O3. The van der Waals surface area contributed by atoms with Crippen molar-refractivity contribution in [2.75, 3.05) is 26.7 Å². The zero-order valence-corrected chi connectivity index (χ0v) is 14.1. The molecule has 0 aromatic heterocycles. The fourth-order valence-corrected chi connectivity index (χ4v) is 3.67. The number of carbonyl (C=O) groups is 2. The van der Waals surface area contributed by atoms with Gasteiger partial charge in [-0.1, -0.05) is 12.1 Å². The van der Waals surface area contributed by atoms with Crippen molar-refractivity contribution in [3.8, 4) is 0 Å². The van der Waals surface area contributed by atoms with Gasteiger partial charge in [-0.3, -0.25) is 14.5 Å². The molecular weight excluding hydrogens is 306 g/mol. The Balaban J connectivity index is 1.75. The van der Waals surface area contributed by atoms with Gasteiger partial charge in [0.25, 0.3) is 0 Å². The second-order valence-corrected chi connectivity index (χ2v) is 6.64. The van der Waals surface area contributed by atoms with Gasteiger partial charge in [-0.25, -0.2) is 0 Å². The van der Waals surface area contributed by atoms with E-state index >= 15 is 0 Å². The predicted molar refractivity (Wildman–Crippen MR) is 90.4 cm³/mol. The lowest BCUT2D eigenvalue weighted by Gasteiger charge is -2.27. The average molecular weight is 331 g/mol. The van der Waals surface area contributed by atoms with E-state index in [1.807, 2.05) is 17.0 Å². The van der Waals surface area contributed by atoms with Crippen LogP contribution in [0, 0.1) is 0 Å². The first-order valence-electron chi connectivity index (χ1n) is 8.53. The van der Waals surface area contributed by atoms with Gasteiger partial charge >= 0.3 is 0 Å². The molecule has 130 valence electrons. The Bertz CT molecular complexity index is 613. The van der Waals surface area contributed by atoms with Crippen LogP contribution < -0.4 is 5.73 Å². The first kappa shape index (κ1) is 16.9. The number of primary amides is 1. The van der Waals surface area contributed by atoms with Crippen LogP contribution >= 0.6 is 0 Å². The van der Waals surface area contributed by atoms with E-state index in [1.165, 1.54) is 0 Å². The molecule has 0 radical (unpaired) electrons. The van der Waals surface area contributed by atoms with Crippen LogP contribution in [0.25, 0.3) is 0 Å². The number of ether oxygens (including phenoxy) is 1. The highest BCUT2D eigenvalue weighted by Crippen LogP contribution is 2.25. The molecule has 2 aliphatic heterocycles. The highest BCUT2D eigenvalue weighted by atomic mass is 16.5. The van der Waals surface area contributed by atoms with E-state index in [4.69, 9.17) is 10.5 Å². The molecule has 0 saturated carbocycles. The minimum atomic E-state index is -0.433. The Morgan fingerprint density at radius 1 is 1.29 bits per heavy atom. The molecule has 6 nitrogen and oxygen atoms in total. The van der Waals surface area contributed by atoms with Gasteiger partial charge in [0.1, 0.15) is 0 Å². The summed E-state index contributed by atoms with van der Waals surface area (Å²) in [6, 6.07) is 7.16. The van der Waals surface area contributed by atoms with Crippen molar-refractivity contribution < 1.29 is 14.3 Å². The standard InChI is InChI=1S/C18H25N3O3/c1-24-15-10-16(18(23)20-7-2-3-8-20)21(12-15)11-13-5-4-6-14(9-13)17(19)22/h4-6,9,15-16H,2-3,7-8,10-12H2,1H3,(H2,19,22)/t15-,16-/m0/s1. The van der Waals surface area contributed by atoms with Gasteiger partial charge in [0.2, 0.25) is 11.8 Å². The van der Waals surface area contributed by atoms with Crippen LogP contribution in [0.15, 0.2) is 24.3 Å². The van der Waals surface area contributed by atoms with E-state index in [0.29, 0.717) is 12.1 Å². The highest BCUT2D eigenvalue weighted by molar-refractivity contribution is 5.92. The third-order valence-corrected chi connectivity index (χ3v) is 5.00. The van der Waals surface area contributed by atoms with E-state index in [0.717, 1.165) is 44.5 Å². The molecule has 0 bridgehead atoms. The molecule has 2 fully saturated rings. The van der Waals surface area contributed by atoms with E-state index < -0.39 is 5.91 Å². The van der Waals surface area contributed by atoms with E-state index in [2.05, 4.69) is 4.90 Å². The molecule has 0 aliphatic carbocycles. The van der Waals surface area contributed by atoms with E-state index in [9.17, 15) is 9.59 Å². The third-order valence-electron chi connectivity index (χ3n) is 5.00. The lowest BCUT2D eigenvalue weighted by molar-refractivity contribution is -0.135. The predicted octanol–water partition coefficient (Wildman–Crippen LogP) is 0.997. The fraction of sp³-hybridized carbons (Fsp3) is 0.556. The summed E-state index contributed by atoms with van der Waals surface area (Å²) >= 11 is 0. The normalized spacial score (nSPS) is 24.5. The minimum absolute atomic E-state index is 0.0703. The lowest BCUT2D eigenvalue weighted by Crippen LogP contribution is -2.44. The van der Waals surface area contributed by atoms with Crippen LogP contribution in [0.3, 0.4) is 0 Å². The van der Waals surface area contributed by atoms with Crippen molar-refractivity contribution in [1.82, 2.24) is 9.80 Å². The summed E-state index contributed by atoms with van der Waals surface area (Å²) < 4.78 is 5.50. The molecule has 1 aromatic carbocycles. The Labute approximate surface area is 142 Å². The summed E-state index contributed by atoms with van der Waals surface area (Å²) in [4.78, 5) is 28.3. The quantitative estimate of drug-likeness (QED) is 0.873. The van der Waals surface area contributed by atoms with Crippen LogP contribution in [0.1, 0.15) is 35.2 Å². The number of hydrogen-bond acceptors (Lipinski definition) is 4. The zero-order valence-electron chi connectivity index (χ0n) is 14.1. The number of benzene rings is 1. The molecule has 6 heteroatoms. The molecule has 0 spiro atoms. The Morgan fingerprint density at radius 2 is 2.04 bits per heavy atom. The Kier molecular flexibility index (Phi) is 5.16. The zero-order chi connectivity index (χ0) is 17.1. The number of nitrogens with zero attached hydrogens (tertiary/aromatic N) is 2. The molecule has 2 amide bonds. The Morgan fingerprint density at radius 3 is 2.71 bits per heavy atom. The van der Waals surface area contributed by atoms with Crippen molar-refractivity contribution in [1.29, 1.82) is 0 Å². The maximum Gasteiger partial charge on any atom is 0.248 e. The van der Waals surface area contributed by atoms with Gasteiger partial charge in [-0.15, -0.1) is 0 Å². The van der Waals surface area contributed by atoms with Crippen molar-refractivity contribution in [2.45, 2.75) is 38.0 Å². The topological polar surface area (TPSA) is 75.9 Å². The second kappa shape index (κ2) is 7.32. The lowest BCUT2D eigenvalue weighted by atomic mass is 10.1. The molecule has 2 N–H and O–H groups in total. The summed E-state index contributed by atoms with van der Waals surface area (Å²) in [6.07, 6.45) is 2.97. The van der Waals surface area contributed by atoms with Crippen molar-refractivity contribution in [3.63, 3.8) is 0 Å². The molecule has 3 rings (SSSR count). The molecule has 2 aliphatic rings. The van der Waals surface area contributed by atoms with Gasteiger partial charge < -0.3 is 15.4 Å². The smallest absolute Gasteiger partial charge is 0.248 e. The average Bonchev–Trinajstić information content (AvgIpc) is 3.24. The third kappa shape index (κ3) is 3.60. The van der Waals surface area contributed by atoms with Gasteiger partial charge in [0, 0.05) is 38.9 Å². The van der Waals surface area contributed by atoms with E-state index in [-0.39, 0.29) is 18.1 Å². The monoisotopic (exact) mass is 331 g/mol. The SMILES string of the molecule is CO[C@H]1C[C@@H](C(=O)N2CCCC2)N(Cc2cccc(C(N)=O)c2)C1. The first-order valence-corrected chi connectivity index (χ1v) is 8.53. The van der Waals surface area contributed by atoms with Gasteiger partial charge in [-0.05, 0) is 37.0 Å². The van der Waals surface area contributed by atoms with Crippen LogP contribution in [-0.4, -0.2) is 60.5 Å². The van der Waals surface area contributed by atoms with Gasteiger partial charge in [0.15, 0.2) is 0 Å². The maximum atomic E-state index is 12.8. The second-order valence-electron chi connectivity index (χ2n) is 6.64. The summed E-state index contributed by atoms with van der Waals surface area (Å²) in [5.41, 5.74) is 6.85. The maximum absolute atomic E-state index is 12.8. The van der Waals surface area contributed by atoms with Crippen molar-refractivity contribution in [3.05, 3.63) is 35.4 Å². The summed E-state index contributed by atoms with van der Waals surface area (Å²) in [7, 11) is 1.69.